The summed E-state index contributed by atoms with van der Waals surface area (Å²) in [7, 11) is 0. The lowest BCUT2D eigenvalue weighted by Gasteiger charge is -2.22. The van der Waals surface area contributed by atoms with E-state index in [1.165, 1.54) is 0 Å². The highest BCUT2D eigenvalue weighted by molar-refractivity contribution is 5.71. The fourth-order valence-electron chi connectivity index (χ4n) is 1.46. The molecule has 0 spiro atoms. The van der Waals surface area contributed by atoms with Gasteiger partial charge in [-0.2, -0.15) is 0 Å². The van der Waals surface area contributed by atoms with E-state index in [0.717, 1.165) is 13.0 Å². The second kappa shape index (κ2) is 4.64. The third kappa shape index (κ3) is 2.59. The first-order valence-electron chi connectivity index (χ1n) is 5.03. The zero-order valence-electron chi connectivity index (χ0n) is 8.43. The first-order chi connectivity index (χ1) is 7.36. The number of nitrogens with zero attached hydrogens (tertiary/aromatic N) is 1. The Morgan fingerprint density at radius 3 is 2.67 bits per heavy atom. The number of amides is 1. The lowest BCUT2D eigenvalue weighted by Crippen LogP contribution is -2.35. The van der Waals surface area contributed by atoms with Crippen molar-refractivity contribution in [3.8, 4) is 5.75 Å². The topological polar surface area (TPSA) is 29.5 Å². The fourth-order valence-corrected chi connectivity index (χ4v) is 1.46. The van der Waals surface area contributed by atoms with Gasteiger partial charge < -0.3 is 9.64 Å². The predicted molar refractivity (Wildman–Crippen MR) is 57.8 cm³/mol. The van der Waals surface area contributed by atoms with Gasteiger partial charge in [0.2, 0.25) is 0 Å². The van der Waals surface area contributed by atoms with Gasteiger partial charge >= 0.3 is 6.09 Å². The lowest BCUT2D eigenvalue weighted by molar-refractivity contribution is 0.156. The smallest absolute Gasteiger partial charge is 0.410 e. The van der Waals surface area contributed by atoms with Gasteiger partial charge in [-0.15, -0.1) is 0 Å². The molecule has 0 radical (unpaired) electrons. The van der Waals surface area contributed by atoms with Crippen molar-refractivity contribution >= 4 is 6.09 Å². The Bertz CT molecular complexity index is 359. The van der Waals surface area contributed by atoms with Crippen molar-refractivity contribution in [2.75, 3.05) is 13.1 Å². The molecule has 0 unspecified atom stereocenters. The Hall–Kier alpha value is -1.77. The molecule has 0 bridgehead atoms. The summed E-state index contributed by atoms with van der Waals surface area (Å²) in [6.45, 7) is 1.38. The van der Waals surface area contributed by atoms with Crippen LogP contribution in [0.15, 0.2) is 42.5 Å². The normalized spacial score (nSPS) is 15.1. The minimum Gasteiger partial charge on any atom is -0.410 e. The Balaban J connectivity index is 1.95. The molecule has 15 heavy (non-hydrogen) atoms. The van der Waals surface area contributed by atoms with E-state index in [2.05, 4.69) is 6.08 Å². The van der Waals surface area contributed by atoms with E-state index in [9.17, 15) is 4.79 Å². The van der Waals surface area contributed by atoms with E-state index in [-0.39, 0.29) is 6.09 Å². The lowest BCUT2D eigenvalue weighted by atomic mass is 10.3. The number of hydrogen-bond acceptors (Lipinski definition) is 2. The number of rotatable bonds is 1. The molecule has 1 aliphatic rings. The molecule has 3 heteroatoms. The number of para-hydroxylation sites is 1. The van der Waals surface area contributed by atoms with Gasteiger partial charge in [0, 0.05) is 13.1 Å². The van der Waals surface area contributed by atoms with Gasteiger partial charge in [0.25, 0.3) is 0 Å². The van der Waals surface area contributed by atoms with Crippen LogP contribution in [0.2, 0.25) is 0 Å². The standard InChI is InChI=1S/C12H13NO2/c14-12(13-9-5-2-6-10-13)15-11-7-3-1-4-8-11/h1-5,7-8H,6,9-10H2. The summed E-state index contributed by atoms with van der Waals surface area (Å²) in [6.07, 6.45) is 4.69. The highest BCUT2D eigenvalue weighted by Gasteiger charge is 2.15. The molecule has 3 nitrogen and oxygen atoms in total. The van der Waals surface area contributed by atoms with Crippen LogP contribution in [0.5, 0.6) is 5.75 Å². The maximum absolute atomic E-state index is 11.6. The zero-order chi connectivity index (χ0) is 10.5. The van der Waals surface area contributed by atoms with Crippen molar-refractivity contribution < 1.29 is 9.53 Å². The van der Waals surface area contributed by atoms with Crippen molar-refractivity contribution in [3.05, 3.63) is 42.5 Å². The molecule has 0 fully saturated rings. The van der Waals surface area contributed by atoms with Crippen LogP contribution in [0.4, 0.5) is 4.79 Å². The molecule has 0 N–H and O–H groups in total. The van der Waals surface area contributed by atoms with Crippen LogP contribution in [0.1, 0.15) is 6.42 Å². The number of carbonyl (C=O) groups excluding carboxylic acids is 1. The van der Waals surface area contributed by atoms with Gasteiger partial charge in [-0.25, -0.2) is 4.79 Å². The van der Waals surface area contributed by atoms with Gasteiger partial charge in [0.15, 0.2) is 0 Å². The van der Waals surface area contributed by atoms with E-state index in [0.29, 0.717) is 12.3 Å². The minimum atomic E-state index is -0.273. The molecule has 0 aliphatic carbocycles. The molecule has 78 valence electrons. The van der Waals surface area contributed by atoms with Crippen LogP contribution in [-0.4, -0.2) is 24.1 Å². The molecular formula is C12H13NO2. The highest BCUT2D eigenvalue weighted by atomic mass is 16.6. The molecule has 1 aliphatic heterocycles. The van der Waals surface area contributed by atoms with Gasteiger partial charge in [0.05, 0.1) is 0 Å². The van der Waals surface area contributed by atoms with Crippen molar-refractivity contribution in [1.29, 1.82) is 0 Å². The van der Waals surface area contributed by atoms with Gasteiger partial charge in [-0.1, -0.05) is 30.4 Å². The van der Waals surface area contributed by atoms with Crippen molar-refractivity contribution in [2.45, 2.75) is 6.42 Å². The van der Waals surface area contributed by atoms with Gasteiger partial charge in [-0.05, 0) is 18.6 Å². The number of benzene rings is 1. The molecule has 0 aromatic heterocycles. The van der Waals surface area contributed by atoms with Crippen LogP contribution in [0, 0.1) is 0 Å². The van der Waals surface area contributed by atoms with Gasteiger partial charge in [-0.3, -0.25) is 0 Å². The minimum absolute atomic E-state index is 0.273. The van der Waals surface area contributed by atoms with E-state index < -0.39 is 0 Å². The Kier molecular flexibility index (Phi) is 3.02. The highest BCUT2D eigenvalue weighted by Crippen LogP contribution is 2.11. The number of ether oxygens (including phenoxy) is 1. The van der Waals surface area contributed by atoms with E-state index >= 15 is 0 Å². The molecule has 1 amide bonds. The summed E-state index contributed by atoms with van der Waals surface area (Å²) in [4.78, 5) is 13.3. The molecule has 0 atom stereocenters. The van der Waals surface area contributed by atoms with Crippen LogP contribution < -0.4 is 4.74 Å². The number of carbonyl (C=O) groups is 1. The average molecular weight is 203 g/mol. The second-order valence-electron chi connectivity index (χ2n) is 3.39. The summed E-state index contributed by atoms with van der Waals surface area (Å²) < 4.78 is 5.21. The quantitative estimate of drug-likeness (QED) is 0.656. The van der Waals surface area contributed by atoms with E-state index in [1.807, 2.05) is 24.3 Å². The fraction of sp³-hybridized carbons (Fsp3) is 0.250. The third-order valence-corrected chi connectivity index (χ3v) is 2.26. The monoisotopic (exact) mass is 203 g/mol. The largest absolute Gasteiger partial charge is 0.415 e. The molecule has 1 aromatic rings. The first kappa shape index (κ1) is 9.77. The molecule has 1 heterocycles. The summed E-state index contributed by atoms with van der Waals surface area (Å²) in [5.74, 6) is 0.594. The molecule has 0 saturated carbocycles. The third-order valence-electron chi connectivity index (χ3n) is 2.26. The number of hydrogen-bond donors (Lipinski definition) is 0. The summed E-state index contributed by atoms with van der Waals surface area (Å²) in [6, 6.07) is 9.13. The summed E-state index contributed by atoms with van der Waals surface area (Å²) >= 11 is 0. The van der Waals surface area contributed by atoms with Crippen molar-refractivity contribution in [3.63, 3.8) is 0 Å². The zero-order valence-corrected chi connectivity index (χ0v) is 8.43. The molecule has 1 aromatic carbocycles. The predicted octanol–water partition coefficient (Wildman–Crippen LogP) is 2.45. The average Bonchev–Trinajstić information content (AvgIpc) is 2.31. The van der Waals surface area contributed by atoms with Crippen LogP contribution >= 0.6 is 0 Å². The van der Waals surface area contributed by atoms with Crippen LogP contribution in [-0.2, 0) is 0 Å². The molecular weight excluding hydrogens is 190 g/mol. The van der Waals surface area contributed by atoms with E-state index in [4.69, 9.17) is 4.74 Å². The van der Waals surface area contributed by atoms with Gasteiger partial charge in [0.1, 0.15) is 5.75 Å². The summed E-state index contributed by atoms with van der Waals surface area (Å²) in [5, 5.41) is 0. The Morgan fingerprint density at radius 1 is 1.20 bits per heavy atom. The van der Waals surface area contributed by atoms with Crippen LogP contribution in [0.25, 0.3) is 0 Å². The van der Waals surface area contributed by atoms with Crippen molar-refractivity contribution in [1.82, 2.24) is 4.90 Å². The Labute approximate surface area is 89.0 Å². The first-order valence-corrected chi connectivity index (χ1v) is 5.03. The summed E-state index contributed by atoms with van der Waals surface area (Å²) in [5.41, 5.74) is 0. The SMILES string of the molecule is O=C(Oc1ccccc1)N1CC=CCC1. The second-order valence-corrected chi connectivity index (χ2v) is 3.39. The van der Waals surface area contributed by atoms with E-state index in [1.54, 1.807) is 17.0 Å². The Morgan fingerprint density at radius 2 is 2.00 bits per heavy atom. The molecule has 2 rings (SSSR count). The van der Waals surface area contributed by atoms with Crippen LogP contribution in [0.3, 0.4) is 0 Å². The van der Waals surface area contributed by atoms with Crippen molar-refractivity contribution in [2.24, 2.45) is 0 Å². The maximum Gasteiger partial charge on any atom is 0.415 e. The molecule has 0 saturated heterocycles. The maximum atomic E-state index is 11.6.